The van der Waals surface area contributed by atoms with E-state index in [0.717, 1.165) is 12.1 Å². The van der Waals surface area contributed by atoms with Gasteiger partial charge in [-0.25, -0.2) is 13.8 Å². The van der Waals surface area contributed by atoms with Gasteiger partial charge in [-0.3, -0.25) is 4.79 Å². The molecule has 238 valence electrons. The average Bonchev–Trinajstić information content (AvgIpc) is 3.46. The summed E-state index contributed by atoms with van der Waals surface area (Å²) in [6.45, 7) is -0.00356. The second-order valence-corrected chi connectivity index (χ2v) is 10.5. The van der Waals surface area contributed by atoms with Gasteiger partial charge in [-0.15, -0.1) is 0 Å². The van der Waals surface area contributed by atoms with Crippen molar-refractivity contribution in [3.8, 4) is 5.75 Å². The molecule has 4 aromatic rings. The zero-order valence-corrected chi connectivity index (χ0v) is 24.8. The molecule has 0 spiro atoms. The van der Waals surface area contributed by atoms with Crippen LogP contribution in [0.5, 0.6) is 5.75 Å². The number of carbonyl (C=O) groups is 1. The summed E-state index contributed by atoms with van der Waals surface area (Å²) in [5.41, 5.74) is 18.5. The Kier molecular flexibility index (Phi) is 10.3. The summed E-state index contributed by atoms with van der Waals surface area (Å²) in [6, 6.07) is 23.0. The van der Waals surface area contributed by atoms with Gasteiger partial charge in [0.05, 0.1) is 6.61 Å². The molecule has 4 aromatic carbocycles. The van der Waals surface area contributed by atoms with Gasteiger partial charge in [-0.1, -0.05) is 64.8 Å². The van der Waals surface area contributed by atoms with Crippen LogP contribution in [0.25, 0.3) is 20.9 Å². The highest BCUT2D eigenvalue weighted by molar-refractivity contribution is 6.01. The summed E-state index contributed by atoms with van der Waals surface area (Å²) >= 11 is 0. The van der Waals surface area contributed by atoms with Crippen molar-refractivity contribution < 1.29 is 28.2 Å². The molecule has 47 heavy (non-hydrogen) atoms. The fraction of sp³-hybridized carbons (Fsp3) is 0.212. The molecule has 0 unspecified atom stereocenters. The van der Waals surface area contributed by atoms with Crippen molar-refractivity contribution in [3.05, 3.63) is 146 Å². The SMILES string of the molecule is [N-]=[N+]=Nc1ccccc1C[C@@]1(C(=O)NCc2ccc(F)cc2F)N=C(c2ccc(OCCCO)cc2)O[C@@H]1c1ccccc1N=[N+]=[N-]. The lowest BCUT2D eigenvalue weighted by Gasteiger charge is -2.32. The summed E-state index contributed by atoms with van der Waals surface area (Å²) in [5, 5.41) is 19.4. The van der Waals surface area contributed by atoms with Crippen molar-refractivity contribution in [3.63, 3.8) is 0 Å². The smallest absolute Gasteiger partial charge is 0.252 e. The lowest BCUT2D eigenvalue weighted by atomic mass is 9.81. The molecule has 1 amide bonds. The Morgan fingerprint density at radius 3 is 2.38 bits per heavy atom. The van der Waals surface area contributed by atoms with E-state index in [1.54, 1.807) is 72.8 Å². The number of aliphatic hydroxyl groups is 1. The van der Waals surface area contributed by atoms with Crippen molar-refractivity contribution in [1.82, 2.24) is 5.32 Å². The van der Waals surface area contributed by atoms with E-state index in [9.17, 15) is 24.6 Å². The van der Waals surface area contributed by atoms with E-state index in [1.165, 1.54) is 6.07 Å². The highest BCUT2D eigenvalue weighted by atomic mass is 19.1. The standard InChI is InChI=1S/C33H28F2N8O4/c34-24-13-10-23(27(35)18-24)20-38-32(45)33(19-22-6-1-3-8-28(22)40-42-36)30(26-7-2-4-9-29(26)41-43-37)47-31(39-33)21-11-14-25(15-12-21)46-17-5-16-44/h1-4,6-15,18,30,44H,5,16-17,19-20H2,(H,38,45)/t30-,33-/m1/s1. The zero-order valence-electron chi connectivity index (χ0n) is 24.8. The number of amides is 1. The molecule has 14 heteroatoms. The number of rotatable bonds is 13. The van der Waals surface area contributed by atoms with E-state index in [4.69, 9.17) is 19.6 Å². The summed E-state index contributed by atoms with van der Waals surface area (Å²) < 4.78 is 40.3. The second kappa shape index (κ2) is 14.9. The highest BCUT2D eigenvalue weighted by Crippen LogP contribution is 2.46. The molecule has 2 N–H and O–H groups in total. The fourth-order valence-corrected chi connectivity index (χ4v) is 5.20. The first kappa shape index (κ1) is 32.5. The van der Waals surface area contributed by atoms with E-state index in [-0.39, 0.29) is 42.4 Å². The van der Waals surface area contributed by atoms with Crippen LogP contribution < -0.4 is 10.1 Å². The molecule has 2 atom stereocenters. The number of nitrogens with one attached hydrogen (secondary N) is 1. The molecular formula is C33H28F2N8O4. The Labute approximate surface area is 267 Å². The molecular weight excluding hydrogens is 610 g/mol. The number of aliphatic imine (C=N–C) groups is 1. The Bertz CT molecular complexity index is 1890. The van der Waals surface area contributed by atoms with Gasteiger partial charge in [0.15, 0.2) is 11.6 Å². The van der Waals surface area contributed by atoms with Crippen LogP contribution in [0.3, 0.4) is 0 Å². The number of aliphatic hydroxyl groups excluding tert-OH is 1. The number of benzene rings is 4. The largest absolute Gasteiger partial charge is 0.494 e. The topological polar surface area (TPSA) is 178 Å². The van der Waals surface area contributed by atoms with E-state index < -0.39 is 29.2 Å². The third-order valence-electron chi connectivity index (χ3n) is 7.46. The second-order valence-electron chi connectivity index (χ2n) is 10.5. The lowest BCUT2D eigenvalue weighted by molar-refractivity contribution is -0.129. The van der Waals surface area contributed by atoms with Crippen LogP contribution in [0.15, 0.2) is 106 Å². The number of hydrogen-bond acceptors (Lipinski definition) is 7. The number of halogens is 2. The number of hydrogen-bond donors (Lipinski definition) is 2. The molecule has 1 heterocycles. The molecule has 0 saturated carbocycles. The lowest BCUT2D eigenvalue weighted by Crippen LogP contribution is -2.49. The summed E-state index contributed by atoms with van der Waals surface area (Å²) in [6.07, 6.45) is -0.876. The third kappa shape index (κ3) is 7.32. The molecule has 0 radical (unpaired) electrons. The third-order valence-corrected chi connectivity index (χ3v) is 7.46. The van der Waals surface area contributed by atoms with Crippen LogP contribution in [-0.2, 0) is 22.5 Å². The molecule has 0 aromatic heterocycles. The monoisotopic (exact) mass is 638 g/mol. The Hall–Kier alpha value is -5.94. The predicted molar refractivity (Wildman–Crippen MR) is 169 cm³/mol. The Morgan fingerprint density at radius 1 is 0.957 bits per heavy atom. The molecule has 0 saturated heterocycles. The van der Waals surface area contributed by atoms with Crippen LogP contribution in [0.1, 0.15) is 34.8 Å². The van der Waals surface area contributed by atoms with E-state index in [2.05, 4.69) is 25.4 Å². The fourth-order valence-electron chi connectivity index (χ4n) is 5.20. The molecule has 12 nitrogen and oxygen atoms in total. The first-order valence-electron chi connectivity index (χ1n) is 14.5. The van der Waals surface area contributed by atoms with E-state index in [0.29, 0.717) is 35.5 Å². The van der Waals surface area contributed by atoms with Crippen molar-refractivity contribution in [1.29, 1.82) is 0 Å². The number of nitrogens with zero attached hydrogens (tertiary/aromatic N) is 7. The van der Waals surface area contributed by atoms with Gasteiger partial charge in [-0.2, -0.15) is 0 Å². The van der Waals surface area contributed by atoms with Gasteiger partial charge in [0.1, 0.15) is 17.4 Å². The predicted octanol–water partition coefficient (Wildman–Crippen LogP) is 7.43. The Morgan fingerprint density at radius 2 is 1.66 bits per heavy atom. The van der Waals surface area contributed by atoms with Crippen LogP contribution in [0, 0.1) is 11.6 Å². The van der Waals surface area contributed by atoms with Gasteiger partial charge in [0.25, 0.3) is 5.91 Å². The molecule has 0 aliphatic carbocycles. The average molecular weight is 639 g/mol. The molecule has 1 aliphatic heterocycles. The normalized spacial score (nSPS) is 16.7. The molecule has 5 rings (SSSR count). The van der Waals surface area contributed by atoms with Gasteiger partial charge in [0, 0.05) is 69.9 Å². The van der Waals surface area contributed by atoms with Crippen LogP contribution in [0.4, 0.5) is 20.2 Å². The maximum absolute atomic E-state index is 14.6. The minimum Gasteiger partial charge on any atom is -0.494 e. The van der Waals surface area contributed by atoms with Crippen molar-refractivity contribution >= 4 is 23.2 Å². The minimum atomic E-state index is -1.82. The summed E-state index contributed by atoms with van der Waals surface area (Å²) in [5.74, 6) is -1.67. The molecule has 0 fully saturated rings. The van der Waals surface area contributed by atoms with Crippen LogP contribution >= 0.6 is 0 Å². The van der Waals surface area contributed by atoms with Crippen molar-refractivity contribution in [2.24, 2.45) is 15.2 Å². The van der Waals surface area contributed by atoms with Gasteiger partial charge >= 0.3 is 0 Å². The number of carbonyl (C=O) groups excluding carboxylic acids is 1. The number of azide groups is 2. The maximum Gasteiger partial charge on any atom is 0.252 e. The molecule has 1 aliphatic rings. The molecule has 0 bridgehead atoms. The van der Waals surface area contributed by atoms with Crippen molar-refractivity contribution in [2.75, 3.05) is 13.2 Å². The minimum absolute atomic E-state index is 0.0117. The Balaban J connectivity index is 1.65. The maximum atomic E-state index is 14.6. The highest BCUT2D eigenvalue weighted by Gasteiger charge is 2.54. The van der Waals surface area contributed by atoms with Gasteiger partial charge < -0.3 is 19.9 Å². The summed E-state index contributed by atoms with van der Waals surface area (Å²) in [4.78, 5) is 25.2. The van der Waals surface area contributed by atoms with E-state index >= 15 is 0 Å². The summed E-state index contributed by atoms with van der Waals surface area (Å²) in [7, 11) is 0. The zero-order chi connectivity index (χ0) is 33.2. The first-order chi connectivity index (χ1) is 22.9. The van der Waals surface area contributed by atoms with E-state index in [1.807, 2.05) is 0 Å². The van der Waals surface area contributed by atoms with Crippen LogP contribution in [-0.4, -0.2) is 35.7 Å². The quantitative estimate of drug-likeness (QED) is 0.0670. The first-order valence-corrected chi connectivity index (χ1v) is 14.5. The van der Waals surface area contributed by atoms with Gasteiger partial charge in [-0.05, 0) is 47.0 Å². The van der Waals surface area contributed by atoms with Crippen LogP contribution in [0.2, 0.25) is 0 Å². The van der Waals surface area contributed by atoms with Gasteiger partial charge in [0.2, 0.25) is 5.90 Å². The van der Waals surface area contributed by atoms with Crippen molar-refractivity contribution in [2.45, 2.75) is 31.0 Å². The number of ether oxygens (including phenoxy) is 2.